The van der Waals surface area contributed by atoms with Crippen LogP contribution in [0, 0.1) is 0 Å². The Bertz CT molecular complexity index is 1270. The van der Waals surface area contributed by atoms with Crippen LogP contribution in [0.25, 0.3) is 5.76 Å². The third kappa shape index (κ3) is 4.47. The highest BCUT2D eigenvalue weighted by molar-refractivity contribution is 9.10. The topological polar surface area (TPSA) is 57.6 Å². The highest BCUT2D eigenvalue weighted by atomic mass is 79.9. The molecule has 0 bridgehead atoms. The summed E-state index contributed by atoms with van der Waals surface area (Å²) in [4.78, 5) is 27.1. The summed E-state index contributed by atoms with van der Waals surface area (Å²) in [5.74, 6) is -2.43. The summed E-state index contributed by atoms with van der Waals surface area (Å²) >= 11 is 6.61. The number of anilines is 1. The van der Waals surface area contributed by atoms with Gasteiger partial charge in [0.1, 0.15) is 5.76 Å². The van der Waals surface area contributed by atoms with Gasteiger partial charge in [0.2, 0.25) is 0 Å². The molecule has 1 amide bonds. The van der Waals surface area contributed by atoms with Gasteiger partial charge in [-0.05, 0) is 48.0 Å². The van der Waals surface area contributed by atoms with E-state index in [1.165, 1.54) is 12.1 Å². The van der Waals surface area contributed by atoms with E-state index >= 15 is 0 Å². The number of hydrogen-bond donors (Lipinski definition) is 1. The number of amides is 1. The Balaban J connectivity index is 1.94. The molecule has 3 aromatic rings. The molecule has 1 fully saturated rings. The predicted molar refractivity (Wildman–Crippen MR) is 125 cm³/mol. The van der Waals surface area contributed by atoms with Crippen molar-refractivity contribution in [3.05, 3.63) is 104 Å². The molecule has 1 N–H and O–H groups in total. The molecule has 1 unspecified atom stereocenters. The SMILES string of the molecule is O=C1C(=O)N(c2cccc(C(F)(F)F)c2)C(c2ccc(Br)cc2)C1=C(O)c1ccc(Br)cc1. The lowest BCUT2D eigenvalue weighted by atomic mass is 9.95. The standard InChI is InChI=1S/C24H14Br2F3NO3/c25-16-8-4-13(5-9-16)20-19(21(31)14-6-10-17(26)11-7-14)22(32)23(33)30(20)18-3-1-2-15(12-18)24(27,28)29/h1-12,20,31H. The third-order valence-electron chi connectivity index (χ3n) is 5.20. The molecule has 1 saturated heterocycles. The molecule has 9 heteroatoms. The lowest BCUT2D eigenvalue weighted by Gasteiger charge is -2.26. The van der Waals surface area contributed by atoms with E-state index in [0.29, 0.717) is 11.1 Å². The highest BCUT2D eigenvalue weighted by Gasteiger charge is 2.47. The lowest BCUT2D eigenvalue weighted by molar-refractivity contribution is -0.137. The molecule has 0 saturated carbocycles. The van der Waals surface area contributed by atoms with Crippen molar-refractivity contribution in [1.82, 2.24) is 0 Å². The Kier molecular flexibility index (Phi) is 6.20. The molecule has 3 aromatic carbocycles. The van der Waals surface area contributed by atoms with Crippen LogP contribution >= 0.6 is 31.9 Å². The first-order valence-electron chi connectivity index (χ1n) is 9.57. The number of alkyl halides is 3. The van der Waals surface area contributed by atoms with E-state index in [4.69, 9.17) is 0 Å². The molecule has 0 radical (unpaired) electrons. The van der Waals surface area contributed by atoms with Gasteiger partial charge < -0.3 is 5.11 Å². The summed E-state index contributed by atoms with van der Waals surface area (Å²) in [5, 5.41) is 11.0. The molecule has 0 spiro atoms. The van der Waals surface area contributed by atoms with Gasteiger partial charge in [-0.25, -0.2) is 0 Å². The van der Waals surface area contributed by atoms with E-state index in [-0.39, 0.29) is 11.3 Å². The number of carbonyl (C=O) groups is 2. The Morgan fingerprint density at radius 3 is 2.03 bits per heavy atom. The number of ketones is 1. The van der Waals surface area contributed by atoms with Crippen LogP contribution in [0.2, 0.25) is 0 Å². The van der Waals surface area contributed by atoms with Crippen molar-refractivity contribution in [3.8, 4) is 0 Å². The van der Waals surface area contributed by atoms with E-state index in [0.717, 1.165) is 26.0 Å². The van der Waals surface area contributed by atoms with Gasteiger partial charge in [0.25, 0.3) is 11.7 Å². The number of hydrogen-bond acceptors (Lipinski definition) is 3. The van der Waals surface area contributed by atoms with E-state index in [1.54, 1.807) is 48.5 Å². The summed E-state index contributed by atoms with van der Waals surface area (Å²) in [7, 11) is 0. The van der Waals surface area contributed by atoms with Crippen molar-refractivity contribution in [2.45, 2.75) is 12.2 Å². The van der Waals surface area contributed by atoms with E-state index in [2.05, 4.69) is 31.9 Å². The van der Waals surface area contributed by atoms with Crippen molar-refractivity contribution in [2.75, 3.05) is 4.90 Å². The summed E-state index contributed by atoms with van der Waals surface area (Å²) in [6.07, 6.45) is -4.63. The number of rotatable bonds is 3. The third-order valence-corrected chi connectivity index (χ3v) is 6.26. The van der Waals surface area contributed by atoms with Gasteiger partial charge in [-0.15, -0.1) is 0 Å². The molecule has 1 atom stereocenters. The molecule has 1 aliphatic heterocycles. The fourth-order valence-corrected chi connectivity index (χ4v) is 4.18. The largest absolute Gasteiger partial charge is 0.507 e. The Morgan fingerprint density at radius 1 is 0.879 bits per heavy atom. The monoisotopic (exact) mass is 579 g/mol. The van der Waals surface area contributed by atoms with Gasteiger partial charge in [-0.3, -0.25) is 14.5 Å². The molecule has 168 valence electrons. The Hall–Kier alpha value is -2.91. The zero-order valence-corrected chi connectivity index (χ0v) is 19.8. The normalized spacial score (nSPS) is 18.1. The molecule has 0 aliphatic carbocycles. The highest BCUT2D eigenvalue weighted by Crippen LogP contribution is 2.43. The molecule has 0 aromatic heterocycles. The summed E-state index contributed by atoms with van der Waals surface area (Å²) < 4.78 is 41.4. The zero-order valence-electron chi connectivity index (χ0n) is 16.6. The summed E-state index contributed by atoms with van der Waals surface area (Å²) in [5.41, 5.74) is -0.517. The number of carbonyl (C=O) groups excluding carboxylic acids is 2. The number of aliphatic hydroxyl groups is 1. The minimum atomic E-state index is -4.63. The number of Topliss-reactive ketones (excluding diaryl/α,β-unsaturated/α-hetero) is 1. The van der Waals surface area contributed by atoms with Crippen molar-refractivity contribution >= 4 is 55.0 Å². The van der Waals surface area contributed by atoms with Crippen LogP contribution in [-0.2, 0) is 15.8 Å². The van der Waals surface area contributed by atoms with Crippen LogP contribution in [-0.4, -0.2) is 16.8 Å². The van der Waals surface area contributed by atoms with Crippen LogP contribution in [0.5, 0.6) is 0 Å². The average molecular weight is 581 g/mol. The minimum absolute atomic E-state index is 0.102. The Morgan fingerprint density at radius 2 is 1.45 bits per heavy atom. The van der Waals surface area contributed by atoms with Crippen molar-refractivity contribution in [2.24, 2.45) is 0 Å². The van der Waals surface area contributed by atoms with E-state index < -0.39 is 35.2 Å². The number of benzene rings is 3. The second kappa shape index (κ2) is 8.79. The zero-order chi connectivity index (χ0) is 23.9. The van der Waals surface area contributed by atoms with Gasteiger partial charge in [-0.1, -0.05) is 62.2 Å². The average Bonchev–Trinajstić information content (AvgIpc) is 3.04. The second-order valence-corrected chi connectivity index (χ2v) is 9.11. The second-order valence-electron chi connectivity index (χ2n) is 7.28. The van der Waals surface area contributed by atoms with Gasteiger partial charge >= 0.3 is 6.18 Å². The van der Waals surface area contributed by atoms with Crippen molar-refractivity contribution in [3.63, 3.8) is 0 Å². The van der Waals surface area contributed by atoms with E-state index in [9.17, 15) is 27.9 Å². The van der Waals surface area contributed by atoms with Gasteiger partial charge in [0.05, 0.1) is 17.2 Å². The molecular weight excluding hydrogens is 567 g/mol. The fourth-order valence-electron chi connectivity index (χ4n) is 3.65. The van der Waals surface area contributed by atoms with Gasteiger partial charge in [0, 0.05) is 20.2 Å². The molecule has 4 nitrogen and oxygen atoms in total. The van der Waals surface area contributed by atoms with Crippen molar-refractivity contribution < 1.29 is 27.9 Å². The Labute approximate surface area is 203 Å². The quantitative estimate of drug-likeness (QED) is 0.209. The first-order chi connectivity index (χ1) is 15.6. The maximum Gasteiger partial charge on any atom is 0.416 e. The molecule has 33 heavy (non-hydrogen) atoms. The van der Waals surface area contributed by atoms with Crippen LogP contribution in [0.3, 0.4) is 0 Å². The number of nitrogens with zero attached hydrogens (tertiary/aromatic N) is 1. The molecular formula is C24H14Br2F3NO3. The lowest BCUT2D eigenvalue weighted by Crippen LogP contribution is -2.29. The first kappa shape index (κ1) is 23.3. The van der Waals surface area contributed by atoms with E-state index in [1.807, 2.05) is 0 Å². The maximum atomic E-state index is 13.3. The smallest absolute Gasteiger partial charge is 0.416 e. The molecule has 4 rings (SSSR count). The van der Waals surface area contributed by atoms with Gasteiger partial charge in [-0.2, -0.15) is 13.2 Å². The van der Waals surface area contributed by atoms with Crippen LogP contribution in [0.1, 0.15) is 22.7 Å². The first-order valence-corrected chi connectivity index (χ1v) is 11.2. The molecule has 1 aliphatic rings. The summed E-state index contributed by atoms with van der Waals surface area (Å²) in [6, 6.07) is 16.2. The minimum Gasteiger partial charge on any atom is -0.507 e. The van der Waals surface area contributed by atoms with Crippen LogP contribution in [0.4, 0.5) is 18.9 Å². The van der Waals surface area contributed by atoms with Gasteiger partial charge in [0.15, 0.2) is 0 Å². The maximum absolute atomic E-state index is 13.3. The van der Waals surface area contributed by atoms with Crippen LogP contribution in [0.15, 0.2) is 87.3 Å². The molecule has 1 heterocycles. The van der Waals surface area contributed by atoms with Crippen molar-refractivity contribution in [1.29, 1.82) is 0 Å². The number of halogens is 5. The number of aliphatic hydroxyl groups excluding tert-OH is 1. The van der Waals surface area contributed by atoms with Crippen LogP contribution < -0.4 is 4.90 Å². The fraction of sp³-hybridized carbons (Fsp3) is 0.0833. The predicted octanol–water partition coefficient (Wildman–Crippen LogP) is 6.86. The summed E-state index contributed by atoms with van der Waals surface area (Å²) in [6.45, 7) is 0.